The van der Waals surface area contributed by atoms with Crippen LogP contribution in [0.3, 0.4) is 0 Å². The highest BCUT2D eigenvalue weighted by Gasteiger charge is 2.24. The Hall–Kier alpha value is -0.870. The van der Waals surface area contributed by atoms with Crippen LogP contribution in [-0.4, -0.2) is 42.9 Å². The highest BCUT2D eigenvalue weighted by atomic mass is 32.1. The molecule has 17 heavy (non-hydrogen) atoms. The second kappa shape index (κ2) is 5.19. The molecule has 0 saturated carbocycles. The van der Waals surface area contributed by atoms with Crippen LogP contribution in [0.15, 0.2) is 11.4 Å². The van der Waals surface area contributed by atoms with Gasteiger partial charge >= 0.3 is 0 Å². The van der Waals surface area contributed by atoms with Crippen molar-refractivity contribution in [2.75, 3.05) is 27.2 Å². The molecule has 0 spiro atoms. The molecule has 2 heterocycles. The molecule has 0 aliphatic carbocycles. The van der Waals surface area contributed by atoms with Gasteiger partial charge in [-0.2, -0.15) is 0 Å². The lowest BCUT2D eigenvalue weighted by Crippen LogP contribution is -2.36. The Balaban J connectivity index is 1.94. The molecule has 1 amide bonds. The van der Waals surface area contributed by atoms with E-state index in [0.717, 1.165) is 19.5 Å². The summed E-state index contributed by atoms with van der Waals surface area (Å²) in [6.07, 6.45) is 1.75. The first-order valence-corrected chi connectivity index (χ1v) is 6.98. The van der Waals surface area contributed by atoms with Gasteiger partial charge in [0.2, 0.25) is 5.91 Å². The average molecular weight is 252 g/mol. The Morgan fingerprint density at radius 3 is 3.06 bits per heavy atom. The van der Waals surface area contributed by atoms with E-state index in [1.807, 2.05) is 25.4 Å². The van der Waals surface area contributed by atoms with Gasteiger partial charge in [-0.25, -0.2) is 0 Å². The maximum Gasteiger partial charge on any atom is 0.223 e. The smallest absolute Gasteiger partial charge is 0.223 e. The highest BCUT2D eigenvalue weighted by molar-refractivity contribution is 7.10. The van der Waals surface area contributed by atoms with E-state index in [1.54, 1.807) is 4.90 Å². The Kier molecular flexibility index (Phi) is 3.84. The lowest BCUT2D eigenvalue weighted by molar-refractivity contribution is -0.129. The predicted octanol–water partition coefficient (Wildman–Crippen LogP) is 2.15. The third-order valence-electron chi connectivity index (χ3n) is 3.52. The number of carbonyl (C=O) groups excluding carboxylic acids is 1. The fourth-order valence-electron chi connectivity index (χ4n) is 2.33. The summed E-state index contributed by atoms with van der Waals surface area (Å²) in [4.78, 5) is 17.2. The first kappa shape index (κ1) is 12.6. The van der Waals surface area contributed by atoms with Gasteiger partial charge in [0.25, 0.3) is 0 Å². The van der Waals surface area contributed by atoms with Crippen LogP contribution in [0.4, 0.5) is 0 Å². The number of fused-ring (bicyclic) bond motifs is 1. The number of thiophene rings is 1. The predicted molar refractivity (Wildman–Crippen MR) is 71.3 cm³/mol. The fraction of sp³-hybridized carbons (Fsp3) is 0.615. The zero-order chi connectivity index (χ0) is 12.4. The SMILES string of the molecule is C[C@@H]1c2ccsc2CCN1CCC(=O)N(C)C. The maximum absolute atomic E-state index is 11.6. The Bertz CT molecular complexity index is 400. The van der Waals surface area contributed by atoms with E-state index in [4.69, 9.17) is 0 Å². The molecule has 4 heteroatoms. The van der Waals surface area contributed by atoms with Crippen molar-refractivity contribution < 1.29 is 4.79 Å². The van der Waals surface area contributed by atoms with E-state index in [2.05, 4.69) is 23.3 Å². The van der Waals surface area contributed by atoms with E-state index in [9.17, 15) is 4.79 Å². The van der Waals surface area contributed by atoms with Crippen LogP contribution in [0.25, 0.3) is 0 Å². The summed E-state index contributed by atoms with van der Waals surface area (Å²) < 4.78 is 0. The molecule has 1 atom stereocenters. The summed E-state index contributed by atoms with van der Waals surface area (Å²) in [6, 6.07) is 2.69. The van der Waals surface area contributed by atoms with Crippen molar-refractivity contribution in [1.82, 2.24) is 9.80 Å². The Morgan fingerprint density at radius 1 is 1.59 bits per heavy atom. The monoisotopic (exact) mass is 252 g/mol. The van der Waals surface area contributed by atoms with E-state index in [1.165, 1.54) is 10.4 Å². The van der Waals surface area contributed by atoms with Gasteiger partial charge in [0.1, 0.15) is 0 Å². The van der Waals surface area contributed by atoms with E-state index < -0.39 is 0 Å². The lowest BCUT2D eigenvalue weighted by Gasteiger charge is -2.33. The minimum atomic E-state index is 0.216. The van der Waals surface area contributed by atoms with Crippen LogP contribution in [0.2, 0.25) is 0 Å². The molecule has 1 aromatic rings. The Morgan fingerprint density at radius 2 is 2.35 bits per heavy atom. The normalized spacial score (nSPS) is 20.1. The van der Waals surface area contributed by atoms with Gasteiger partial charge in [0.15, 0.2) is 0 Å². The van der Waals surface area contributed by atoms with Gasteiger partial charge in [-0.1, -0.05) is 0 Å². The molecule has 0 radical (unpaired) electrons. The topological polar surface area (TPSA) is 23.6 Å². The van der Waals surface area contributed by atoms with Crippen molar-refractivity contribution in [3.8, 4) is 0 Å². The highest BCUT2D eigenvalue weighted by Crippen LogP contribution is 2.32. The molecule has 0 fully saturated rings. The van der Waals surface area contributed by atoms with Gasteiger partial charge in [0, 0.05) is 44.5 Å². The van der Waals surface area contributed by atoms with Crippen LogP contribution >= 0.6 is 11.3 Å². The van der Waals surface area contributed by atoms with Crippen molar-refractivity contribution in [3.05, 3.63) is 21.9 Å². The summed E-state index contributed by atoms with van der Waals surface area (Å²) in [6.45, 7) is 4.19. The molecular formula is C13H20N2OS. The number of amides is 1. The van der Waals surface area contributed by atoms with Gasteiger partial charge < -0.3 is 4.90 Å². The molecule has 94 valence electrons. The summed E-state index contributed by atoms with van der Waals surface area (Å²) in [5.74, 6) is 0.216. The van der Waals surface area contributed by atoms with Crippen LogP contribution in [0.5, 0.6) is 0 Å². The van der Waals surface area contributed by atoms with Crippen molar-refractivity contribution >= 4 is 17.2 Å². The molecule has 0 N–H and O–H groups in total. The first-order valence-electron chi connectivity index (χ1n) is 6.10. The number of hydrogen-bond donors (Lipinski definition) is 0. The molecule has 0 saturated heterocycles. The second-order valence-electron chi connectivity index (χ2n) is 4.80. The molecule has 3 nitrogen and oxygen atoms in total. The van der Waals surface area contributed by atoms with Crippen LogP contribution in [-0.2, 0) is 11.2 Å². The van der Waals surface area contributed by atoms with Crippen LogP contribution in [0.1, 0.15) is 29.8 Å². The molecule has 1 aliphatic rings. The summed E-state index contributed by atoms with van der Waals surface area (Å²) in [5.41, 5.74) is 1.46. The molecule has 1 aliphatic heterocycles. The number of nitrogens with zero attached hydrogens (tertiary/aromatic N) is 2. The molecular weight excluding hydrogens is 232 g/mol. The molecule has 0 bridgehead atoms. The van der Waals surface area contributed by atoms with Gasteiger partial charge in [-0.05, 0) is 30.4 Å². The summed E-state index contributed by atoms with van der Waals surface area (Å²) >= 11 is 1.86. The third-order valence-corrected chi connectivity index (χ3v) is 4.51. The minimum absolute atomic E-state index is 0.216. The average Bonchev–Trinajstić information content (AvgIpc) is 2.76. The van der Waals surface area contributed by atoms with Gasteiger partial charge in [-0.15, -0.1) is 11.3 Å². The Labute approximate surface area is 107 Å². The molecule has 0 unspecified atom stereocenters. The third kappa shape index (κ3) is 2.69. The number of hydrogen-bond acceptors (Lipinski definition) is 3. The first-order chi connectivity index (χ1) is 8.09. The van der Waals surface area contributed by atoms with Gasteiger partial charge in [0.05, 0.1) is 0 Å². The van der Waals surface area contributed by atoms with Crippen molar-refractivity contribution in [1.29, 1.82) is 0 Å². The van der Waals surface area contributed by atoms with E-state index in [0.29, 0.717) is 12.5 Å². The second-order valence-corrected chi connectivity index (χ2v) is 5.80. The number of carbonyl (C=O) groups is 1. The molecule has 1 aromatic heterocycles. The quantitative estimate of drug-likeness (QED) is 0.823. The summed E-state index contributed by atoms with van der Waals surface area (Å²) in [5, 5.41) is 2.18. The standard InChI is InChI=1S/C13H20N2OS/c1-10-11-6-9-17-12(11)4-7-15(10)8-5-13(16)14(2)3/h6,9-10H,4-5,7-8H2,1-3H3/t10-/m1/s1. The molecule has 2 rings (SSSR count). The zero-order valence-corrected chi connectivity index (χ0v) is 11.6. The van der Waals surface area contributed by atoms with Crippen molar-refractivity contribution in [3.63, 3.8) is 0 Å². The maximum atomic E-state index is 11.6. The fourth-order valence-corrected chi connectivity index (χ4v) is 3.29. The van der Waals surface area contributed by atoms with Crippen molar-refractivity contribution in [2.45, 2.75) is 25.8 Å². The van der Waals surface area contributed by atoms with Gasteiger partial charge in [-0.3, -0.25) is 9.69 Å². The van der Waals surface area contributed by atoms with E-state index >= 15 is 0 Å². The van der Waals surface area contributed by atoms with Crippen LogP contribution < -0.4 is 0 Å². The summed E-state index contributed by atoms with van der Waals surface area (Å²) in [7, 11) is 3.64. The zero-order valence-electron chi connectivity index (χ0n) is 10.8. The van der Waals surface area contributed by atoms with Crippen LogP contribution in [0, 0.1) is 0 Å². The number of rotatable bonds is 3. The van der Waals surface area contributed by atoms with E-state index in [-0.39, 0.29) is 5.91 Å². The molecule has 0 aromatic carbocycles. The largest absolute Gasteiger partial charge is 0.349 e. The van der Waals surface area contributed by atoms with Crippen molar-refractivity contribution in [2.24, 2.45) is 0 Å². The lowest BCUT2D eigenvalue weighted by atomic mass is 10.0. The minimum Gasteiger partial charge on any atom is -0.349 e.